The lowest BCUT2D eigenvalue weighted by Crippen LogP contribution is -2.16. The predicted octanol–water partition coefficient (Wildman–Crippen LogP) is 1.93. The van der Waals surface area contributed by atoms with E-state index in [1.54, 1.807) is 0 Å². The van der Waals surface area contributed by atoms with Crippen molar-refractivity contribution in [3.8, 4) is 0 Å². The molecule has 3 atom stereocenters. The molecule has 1 saturated carbocycles. The third kappa shape index (κ3) is 2.41. The monoisotopic (exact) mass is 182 g/mol. The van der Waals surface area contributed by atoms with Crippen molar-refractivity contribution in [1.29, 1.82) is 0 Å². The Morgan fingerprint density at radius 3 is 2.77 bits per heavy atom. The van der Waals surface area contributed by atoms with Crippen LogP contribution in [0.25, 0.3) is 0 Å². The van der Waals surface area contributed by atoms with Crippen molar-refractivity contribution in [1.82, 2.24) is 0 Å². The van der Waals surface area contributed by atoms with Crippen LogP contribution in [0.1, 0.15) is 33.1 Å². The SMILES string of the molecule is CCC/C=C/C1CC(O)C(=O)C1C. The summed E-state index contributed by atoms with van der Waals surface area (Å²) in [4.78, 5) is 11.3. The van der Waals surface area contributed by atoms with Crippen LogP contribution in [0.3, 0.4) is 0 Å². The van der Waals surface area contributed by atoms with Gasteiger partial charge in [0.15, 0.2) is 5.78 Å². The number of unbranched alkanes of at least 4 members (excludes halogenated alkanes) is 1. The van der Waals surface area contributed by atoms with Crippen molar-refractivity contribution in [3.63, 3.8) is 0 Å². The van der Waals surface area contributed by atoms with Crippen LogP contribution in [-0.2, 0) is 4.79 Å². The standard InChI is InChI=1S/C11H18O2/c1-3-4-5-6-9-7-10(12)11(13)8(9)2/h5-6,8-10,12H,3-4,7H2,1-2H3/b6-5+. The molecule has 1 rings (SSSR count). The first-order valence-corrected chi connectivity index (χ1v) is 5.05. The van der Waals surface area contributed by atoms with Crippen LogP contribution in [0.5, 0.6) is 0 Å². The van der Waals surface area contributed by atoms with Gasteiger partial charge in [-0.25, -0.2) is 0 Å². The summed E-state index contributed by atoms with van der Waals surface area (Å²) in [5.74, 6) is 0.267. The molecular formula is C11H18O2. The lowest BCUT2D eigenvalue weighted by Gasteiger charge is -2.06. The molecule has 74 valence electrons. The van der Waals surface area contributed by atoms with Gasteiger partial charge in [0.1, 0.15) is 6.10 Å². The zero-order chi connectivity index (χ0) is 9.84. The Hall–Kier alpha value is -0.630. The molecule has 3 unspecified atom stereocenters. The van der Waals surface area contributed by atoms with Gasteiger partial charge in [0.2, 0.25) is 0 Å². The number of rotatable bonds is 3. The lowest BCUT2D eigenvalue weighted by molar-refractivity contribution is -0.127. The first-order chi connectivity index (χ1) is 6.16. The Kier molecular flexibility index (Phi) is 3.67. The molecule has 1 N–H and O–H groups in total. The zero-order valence-corrected chi connectivity index (χ0v) is 8.36. The van der Waals surface area contributed by atoms with Gasteiger partial charge in [0, 0.05) is 5.92 Å². The van der Waals surface area contributed by atoms with E-state index in [0.29, 0.717) is 6.42 Å². The maximum absolute atomic E-state index is 11.3. The molecule has 1 aliphatic rings. The maximum atomic E-state index is 11.3. The van der Waals surface area contributed by atoms with Gasteiger partial charge >= 0.3 is 0 Å². The number of Topliss-reactive ketones (excluding diaryl/α,β-unsaturated/α-hetero) is 1. The van der Waals surface area contributed by atoms with E-state index in [2.05, 4.69) is 19.1 Å². The van der Waals surface area contributed by atoms with E-state index in [0.717, 1.165) is 12.8 Å². The van der Waals surface area contributed by atoms with E-state index in [4.69, 9.17) is 0 Å². The molecule has 2 nitrogen and oxygen atoms in total. The van der Waals surface area contributed by atoms with Crippen LogP contribution in [-0.4, -0.2) is 17.0 Å². The molecule has 1 fully saturated rings. The highest BCUT2D eigenvalue weighted by atomic mass is 16.3. The van der Waals surface area contributed by atoms with E-state index in [1.165, 1.54) is 0 Å². The molecule has 0 aromatic heterocycles. The summed E-state index contributed by atoms with van der Waals surface area (Å²) in [6, 6.07) is 0. The van der Waals surface area contributed by atoms with E-state index in [-0.39, 0.29) is 17.6 Å². The molecule has 0 amide bonds. The Bertz CT molecular complexity index is 208. The fourth-order valence-corrected chi connectivity index (χ4v) is 1.78. The van der Waals surface area contributed by atoms with Gasteiger partial charge in [-0.3, -0.25) is 4.79 Å². The molecule has 0 aromatic carbocycles. The summed E-state index contributed by atoms with van der Waals surface area (Å²) in [7, 11) is 0. The number of carbonyl (C=O) groups is 1. The smallest absolute Gasteiger partial charge is 0.164 e. The number of allylic oxidation sites excluding steroid dienone is 2. The average Bonchev–Trinajstić information content (AvgIpc) is 2.34. The summed E-state index contributed by atoms with van der Waals surface area (Å²) < 4.78 is 0. The molecule has 0 saturated heterocycles. The van der Waals surface area contributed by atoms with Gasteiger partial charge in [-0.05, 0) is 18.8 Å². The quantitative estimate of drug-likeness (QED) is 0.677. The Balaban J connectivity index is 2.48. The van der Waals surface area contributed by atoms with Crippen LogP contribution in [0, 0.1) is 11.8 Å². The number of hydrogen-bond donors (Lipinski definition) is 1. The van der Waals surface area contributed by atoms with E-state index >= 15 is 0 Å². The summed E-state index contributed by atoms with van der Waals surface area (Å²) in [5.41, 5.74) is 0. The Labute approximate surface area is 79.6 Å². The molecule has 0 spiro atoms. The minimum atomic E-state index is -0.716. The normalized spacial score (nSPS) is 34.7. The van der Waals surface area contributed by atoms with Crippen LogP contribution in [0.15, 0.2) is 12.2 Å². The second-order valence-corrected chi connectivity index (χ2v) is 3.82. The third-order valence-corrected chi connectivity index (χ3v) is 2.75. The fraction of sp³-hybridized carbons (Fsp3) is 0.727. The third-order valence-electron chi connectivity index (χ3n) is 2.75. The number of ketones is 1. The van der Waals surface area contributed by atoms with Gasteiger partial charge in [0.25, 0.3) is 0 Å². The number of aliphatic hydroxyl groups excluding tert-OH is 1. The first kappa shape index (κ1) is 10.5. The molecule has 0 radical (unpaired) electrons. The Morgan fingerprint density at radius 1 is 1.62 bits per heavy atom. The van der Waals surface area contributed by atoms with Crippen LogP contribution < -0.4 is 0 Å². The van der Waals surface area contributed by atoms with Crippen molar-refractivity contribution in [2.45, 2.75) is 39.2 Å². The maximum Gasteiger partial charge on any atom is 0.164 e. The first-order valence-electron chi connectivity index (χ1n) is 5.05. The topological polar surface area (TPSA) is 37.3 Å². The predicted molar refractivity (Wildman–Crippen MR) is 52.3 cm³/mol. The van der Waals surface area contributed by atoms with Gasteiger partial charge in [-0.2, -0.15) is 0 Å². The van der Waals surface area contributed by atoms with Crippen LogP contribution in [0.4, 0.5) is 0 Å². The Morgan fingerprint density at radius 2 is 2.31 bits per heavy atom. The summed E-state index contributed by atoms with van der Waals surface area (Å²) in [6.07, 6.45) is 6.29. The summed E-state index contributed by atoms with van der Waals surface area (Å²) >= 11 is 0. The second kappa shape index (κ2) is 4.56. The van der Waals surface area contributed by atoms with Crippen LogP contribution in [0.2, 0.25) is 0 Å². The minimum Gasteiger partial charge on any atom is -0.385 e. The molecule has 0 aliphatic heterocycles. The van der Waals surface area contributed by atoms with E-state index in [9.17, 15) is 9.90 Å². The van der Waals surface area contributed by atoms with E-state index in [1.807, 2.05) is 6.92 Å². The number of carbonyl (C=O) groups excluding carboxylic acids is 1. The molecule has 1 aliphatic carbocycles. The molecule has 0 aromatic rings. The highest BCUT2D eigenvalue weighted by Gasteiger charge is 2.36. The van der Waals surface area contributed by atoms with E-state index < -0.39 is 6.10 Å². The molecule has 0 heterocycles. The highest BCUT2D eigenvalue weighted by Crippen LogP contribution is 2.29. The molecular weight excluding hydrogens is 164 g/mol. The minimum absolute atomic E-state index is 0.00288. The lowest BCUT2D eigenvalue weighted by atomic mass is 9.97. The average molecular weight is 182 g/mol. The molecule has 13 heavy (non-hydrogen) atoms. The molecule has 0 bridgehead atoms. The second-order valence-electron chi connectivity index (χ2n) is 3.82. The van der Waals surface area contributed by atoms with Gasteiger partial charge < -0.3 is 5.11 Å². The van der Waals surface area contributed by atoms with Crippen molar-refractivity contribution in [2.75, 3.05) is 0 Å². The van der Waals surface area contributed by atoms with Crippen LogP contribution >= 0.6 is 0 Å². The van der Waals surface area contributed by atoms with Crippen molar-refractivity contribution >= 4 is 5.78 Å². The highest BCUT2D eigenvalue weighted by molar-refractivity contribution is 5.87. The largest absolute Gasteiger partial charge is 0.385 e. The van der Waals surface area contributed by atoms with Gasteiger partial charge in [-0.1, -0.05) is 32.4 Å². The zero-order valence-electron chi connectivity index (χ0n) is 8.36. The van der Waals surface area contributed by atoms with Crippen molar-refractivity contribution in [2.24, 2.45) is 11.8 Å². The number of aliphatic hydroxyl groups is 1. The van der Waals surface area contributed by atoms with Crippen molar-refractivity contribution in [3.05, 3.63) is 12.2 Å². The number of hydrogen-bond acceptors (Lipinski definition) is 2. The summed E-state index contributed by atoms with van der Waals surface area (Å²) in [5, 5.41) is 9.31. The fourth-order valence-electron chi connectivity index (χ4n) is 1.78. The van der Waals surface area contributed by atoms with Gasteiger partial charge in [-0.15, -0.1) is 0 Å². The summed E-state index contributed by atoms with van der Waals surface area (Å²) in [6.45, 7) is 4.03. The molecule has 2 heteroatoms. The van der Waals surface area contributed by atoms with Crippen molar-refractivity contribution < 1.29 is 9.90 Å². The van der Waals surface area contributed by atoms with Gasteiger partial charge in [0.05, 0.1) is 0 Å².